The summed E-state index contributed by atoms with van der Waals surface area (Å²) in [7, 11) is -3.72. The van der Waals surface area contributed by atoms with Crippen LogP contribution in [0.5, 0.6) is 0 Å². The first-order chi connectivity index (χ1) is 15.3. The quantitative estimate of drug-likeness (QED) is 0.579. The minimum absolute atomic E-state index is 0.150. The summed E-state index contributed by atoms with van der Waals surface area (Å²) in [5.74, 6) is 0.332. The van der Waals surface area contributed by atoms with Crippen molar-refractivity contribution in [1.29, 1.82) is 0 Å². The zero-order chi connectivity index (χ0) is 22.9. The topological polar surface area (TPSA) is 105 Å². The second kappa shape index (κ2) is 9.13. The van der Waals surface area contributed by atoms with Crippen LogP contribution in [0.1, 0.15) is 36.8 Å². The lowest BCUT2D eigenvalue weighted by molar-refractivity contribution is -0.120. The monoisotopic (exact) mass is 474 g/mol. The number of aryl methyl sites for hydroxylation is 3. The molecule has 4 rings (SSSR count). The molecule has 0 bridgehead atoms. The van der Waals surface area contributed by atoms with Crippen molar-refractivity contribution in [2.24, 2.45) is 5.92 Å². The molecule has 1 amide bonds. The number of amides is 1. The van der Waals surface area contributed by atoms with E-state index in [0.29, 0.717) is 43.1 Å². The van der Waals surface area contributed by atoms with Crippen LogP contribution < -0.4 is 5.32 Å². The van der Waals surface area contributed by atoms with Gasteiger partial charge >= 0.3 is 0 Å². The van der Waals surface area contributed by atoms with Gasteiger partial charge in [-0.1, -0.05) is 29.8 Å². The molecule has 1 atom stereocenters. The van der Waals surface area contributed by atoms with Crippen molar-refractivity contribution in [3.05, 3.63) is 46.7 Å². The molecule has 10 heteroatoms. The summed E-state index contributed by atoms with van der Waals surface area (Å²) in [6.07, 6.45) is 1.90. The Kier molecular flexibility index (Phi) is 6.45. The number of hydrogen-bond acceptors (Lipinski definition) is 7. The summed E-state index contributed by atoms with van der Waals surface area (Å²) in [4.78, 5) is 17.1. The van der Waals surface area contributed by atoms with Gasteiger partial charge in [0.25, 0.3) is 10.0 Å². The second-order valence-corrected chi connectivity index (χ2v) is 11.1. The number of rotatable bonds is 6. The first-order valence-electron chi connectivity index (χ1n) is 10.6. The second-order valence-electron chi connectivity index (χ2n) is 8.03. The number of carbonyl (C=O) groups excluding carboxylic acids is 1. The average Bonchev–Trinajstić information content (AvgIpc) is 3.45. The fourth-order valence-electron chi connectivity index (χ4n) is 3.78. The van der Waals surface area contributed by atoms with Crippen molar-refractivity contribution in [1.82, 2.24) is 14.4 Å². The van der Waals surface area contributed by atoms with E-state index in [1.54, 1.807) is 11.4 Å². The van der Waals surface area contributed by atoms with Crippen molar-refractivity contribution in [3.63, 3.8) is 0 Å². The van der Waals surface area contributed by atoms with Gasteiger partial charge in [-0.3, -0.25) is 4.79 Å². The largest absolute Gasteiger partial charge is 0.339 e. The third-order valence-electron chi connectivity index (χ3n) is 5.59. The predicted octanol–water partition coefficient (Wildman–Crippen LogP) is 4.02. The fourth-order valence-corrected chi connectivity index (χ4v) is 6.61. The van der Waals surface area contributed by atoms with Crippen LogP contribution in [-0.2, 0) is 21.2 Å². The highest BCUT2D eigenvalue weighted by Crippen LogP contribution is 2.31. The molecule has 1 N–H and O–H groups in total. The SMILES string of the molecule is CCc1nc(-c2csc(S(=O)(=O)N3CCC[C@@H](C(=O)Nc4ccc(C)cc4C)C3)c2)no1. The number of anilines is 1. The third kappa shape index (κ3) is 4.62. The standard InChI is InChI=1S/C22H26N4O4S2/c1-4-19-24-21(25-30-19)17-11-20(31-13-17)32(28,29)26-9-5-6-16(12-26)22(27)23-18-8-7-14(2)10-15(18)3/h7-8,10-11,13,16H,4-6,9,12H2,1-3H3,(H,23,27)/t16-/m1/s1. The molecule has 1 fully saturated rings. The van der Waals surface area contributed by atoms with Crippen molar-refractivity contribution < 1.29 is 17.7 Å². The van der Waals surface area contributed by atoms with Crippen LogP contribution >= 0.6 is 11.3 Å². The minimum Gasteiger partial charge on any atom is -0.339 e. The summed E-state index contributed by atoms with van der Waals surface area (Å²) < 4.78 is 33.2. The van der Waals surface area contributed by atoms with E-state index in [0.717, 1.165) is 28.2 Å². The van der Waals surface area contributed by atoms with E-state index in [9.17, 15) is 13.2 Å². The molecule has 0 saturated carbocycles. The van der Waals surface area contributed by atoms with Crippen molar-refractivity contribution in [2.75, 3.05) is 18.4 Å². The lowest BCUT2D eigenvalue weighted by Gasteiger charge is -2.31. The van der Waals surface area contributed by atoms with Gasteiger partial charge in [-0.2, -0.15) is 9.29 Å². The Morgan fingerprint density at radius 2 is 2.12 bits per heavy atom. The predicted molar refractivity (Wildman–Crippen MR) is 123 cm³/mol. The Morgan fingerprint density at radius 1 is 1.31 bits per heavy atom. The normalized spacial score (nSPS) is 17.4. The number of piperidine rings is 1. The first-order valence-corrected chi connectivity index (χ1v) is 12.9. The maximum atomic E-state index is 13.3. The molecular formula is C22H26N4O4S2. The van der Waals surface area contributed by atoms with E-state index in [4.69, 9.17) is 4.52 Å². The molecule has 1 saturated heterocycles. The molecule has 0 radical (unpaired) electrons. The van der Waals surface area contributed by atoms with Crippen molar-refractivity contribution in [2.45, 2.75) is 44.2 Å². The molecule has 2 aromatic heterocycles. The van der Waals surface area contributed by atoms with Gasteiger partial charge in [-0.15, -0.1) is 11.3 Å². The van der Waals surface area contributed by atoms with Crippen LogP contribution in [0.3, 0.4) is 0 Å². The molecule has 32 heavy (non-hydrogen) atoms. The van der Waals surface area contributed by atoms with Gasteiger partial charge in [0.1, 0.15) is 4.21 Å². The van der Waals surface area contributed by atoms with Gasteiger partial charge in [0.05, 0.1) is 5.92 Å². The van der Waals surface area contributed by atoms with E-state index in [2.05, 4.69) is 15.5 Å². The summed E-state index contributed by atoms with van der Waals surface area (Å²) in [5, 5.41) is 8.59. The molecule has 1 aliphatic heterocycles. The van der Waals surface area contributed by atoms with E-state index in [1.807, 2.05) is 39.0 Å². The molecule has 3 aromatic rings. The van der Waals surface area contributed by atoms with Crippen molar-refractivity contribution >= 4 is 33.0 Å². The van der Waals surface area contributed by atoms with Crippen LogP contribution in [0.4, 0.5) is 5.69 Å². The minimum atomic E-state index is -3.72. The van der Waals surface area contributed by atoms with Crippen molar-refractivity contribution in [3.8, 4) is 11.4 Å². The molecule has 0 unspecified atom stereocenters. The van der Waals surface area contributed by atoms with Crippen LogP contribution in [-0.4, -0.2) is 41.9 Å². The summed E-state index contributed by atoms with van der Waals surface area (Å²) in [6, 6.07) is 7.41. The Bertz CT molecular complexity index is 1230. The number of sulfonamides is 1. The maximum Gasteiger partial charge on any atom is 0.252 e. The van der Waals surface area contributed by atoms with Gasteiger partial charge in [-0.05, 0) is 44.4 Å². The van der Waals surface area contributed by atoms with Crippen LogP contribution in [0, 0.1) is 19.8 Å². The fraction of sp³-hybridized carbons (Fsp3) is 0.409. The Balaban J connectivity index is 1.48. The molecule has 0 aliphatic carbocycles. The number of nitrogens with zero attached hydrogens (tertiary/aromatic N) is 3. The highest BCUT2D eigenvalue weighted by Gasteiger charge is 2.34. The highest BCUT2D eigenvalue weighted by molar-refractivity contribution is 7.91. The van der Waals surface area contributed by atoms with E-state index >= 15 is 0 Å². The number of hydrogen-bond donors (Lipinski definition) is 1. The Hall–Kier alpha value is -2.56. The smallest absolute Gasteiger partial charge is 0.252 e. The highest BCUT2D eigenvalue weighted by atomic mass is 32.2. The average molecular weight is 475 g/mol. The molecule has 3 heterocycles. The molecule has 170 valence electrons. The molecule has 0 spiro atoms. The molecular weight excluding hydrogens is 448 g/mol. The number of benzene rings is 1. The zero-order valence-corrected chi connectivity index (χ0v) is 19.9. The molecule has 1 aliphatic rings. The van der Waals surface area contributed by atoms with Crippen LogP contribution in [0.25, 0.3) is 11.4 Å². The number of aromatic nitrogens is 2. The van der Waals surface area contributed by atoms with E-state index in [-0.39, 0.29) is 16.7 Å². The van der Waals surface area contributed by atoms with Gasteiger partial charge in [0.2, 0.25) is 17.6 Å². The Morgan fingerprint density at radius 3 is 2.84 bits per heavy atom. The zero-order valence-electron chi connectivity index (χ0n) is 18.3. The van der Waals surface area contributed by atoms with E-state index < -0.39 is 15.9 Å². The summed E-state index contributed by atoms with van der Waals surface area (Å²) >= 11 is 1.13. The number of thiophene rings is 1. The summed E-state index contributed by atoms with van der Waals surface area (Å²) in [5.41, 5.74) is 3.48. The lowest BCUT2D eigenvalue weighted by atomic mass is 9.98. The van der Waals surface area contributed by atoms with Gasteiger partial charge in [0.15, 0.2) is 0 Å². The van der Waals surface area contributed by atoms with E-state index in [1.165, 1.54) is 4.31 Å². The number of carbonyl (C=O) groups is 1. The molecule has 1 aromatic carbocycles. The van der Waals surface area contributed by atoms with Crippen LogP contribution in [0.2, 0.25) is 0 Å². The van der Waals surface area contributed by atoms with Crippen LogP contribution in [0.15, 0.2) is 38.4 Å². The van der Waals surface area contributed by atoms with Gasteiger partial charge in [0, 0.05) is 36.1 Å². The number of nitrogens with one attached hydrogen (secondary N) is 1. The maximum absolute atomic E-state index is 13.3. The van der Waals surface area contributed by atoms with Gasteiger partial charge in [-0.25, -0.2) is 8.42 Å². The summed E-state index contributed by atoms with van der Waals surface area (Å²) in [6.45, 7) is 6.41. The third-order valence-corrected chi connectivity index (χ3v) is 8.87. The lowest BCUT2D eigenvalue weighted by Crippen LogP contribution is -2.43. The molecule has 8 nitrogen and oxygen atoms in total. The first kappa shape index (κ1) is 22.6. The Labute approximate surface area is 191 Å². The van der Waals surface area contributed by atoms with Gasteiger partial charge < -0.3 is 9.84 Å².